The quantitative estimate of drug-likeness (QED) is 0.287. The lowest BCUT2D eigenvalue weighted by molar-refractivity contribution is 0.0526. The van der Waals surface area contributed by atoms with Gasteiger partial charge in [0, 0.05) is 17.0 Å². The number of carbonyl (C=O) groups excluding carboxylic acids is 1. The number of benzene rings is 2. The number of methoxy groups -OCH3 is 1. The minimum atomic E-state index is -0.684. The van der Waals surface area contributed by atoms with E-state index in [2.05, 4.69) is 15.1 Å². The van der Waals surface area contributed by atoms with Crippen LogP contribution in [0.1, 0.15) is 23.0 Å². The molecule has 3 heterocycles. The number of fused-ring (bicyclic) bond motifs is 3. The molecule has 5 aromatic rings. The van der Waals surface area contributed by atoms with Crippen LogP contribution in [0.25, 0.3) is 33.3 Å². The number of carbonyl (C=O) groups is 1. The molecule has 0 saturated heterocycles. The van der Waals surface area contributed by atoms with Gasteiger partial charge in [0.05, 0.1) is 36.5 Å². The molecule has 0 aliphatic rings. The topological polar surface area (TPSA) is 132 Å². The van der Waals surface area contributed by atoms with Crippen LogP contribution in [0.3, 0.4) is 0 Å². The van der Waals surface area contributed by atoms with E-state index in [-0.39, 0.29) is 5.52 Å². The summed E-state index contributed by atoms with van der Waals surface area (Å²) in [5, 5.41) is 4.72. The molecule has 10 nitrogen and oxygen atoms in total. The van der Waals surface area contributed by atoms with Crippen molar-refractivity contribution >= 4 is 34.1 Å². The number of H-pyrrole nitrogens is 2. The Morgan fingerprint density at radius 1 is 1.06 bits per heavy atom. The van der Waals surface area contributed by atoms with Crippen molar-refractivity contribution in [3.8, 4) is 17.1 Å². The summed E-state index contributed by atoms with van der Waals surface area (Å²) < 4.78 is 16.7. The summed E-state index contributed by atoms with van der Waals surface area (Å²) in [7, 11) is 1.55. The Morgan fingerprint density at radius 3 is 2.60 bits per heavy atom. The van der Waals surface area contributed by atoms with Gasteiger partial charge in [-0.1, -0.05) is 12.1 Å². The third-order valence-electron chi connectivity index (χ3n) is 5.44. The summed E-state index contributed by atoms with van der Waals surface area (Å²) in [5.41, 5.74) is 1.16. The van der Waals surface area contributed by atoms with Crippen molar-refractivity contribution in [3.63, 3.8) is 0 Å². The van der Waals surface area contributed by atoms with Crippen molar-refractivity contribution in [2.24, 2.45) is 5.10 Å². The van der Waals surface area contributed by atoms with Crippen molar-refractivity contribution < 1.29 is 18.7 Å². The van der Waals surface area contributed by atoms with Crippen LogP contribution >= 0.6 is 0 Å². The first-order valence-corrected chi connectivity index (χ1v) is 10.7. The van der Waals surface area contributed by atoms with Crippen molar-refractivity contribution in [2.75, 3.05) is 13.7 Å². The molecule has 0 spiro atoms. The van der Waals surface area contributed by atoms with Crippen LogP contribution in [-0.2, 0) is 4.74 Å². The van der Waals surface area contributed by atoms with Gasteiger partial charge in [-0.25, -0.2) is 9.59 Å². The van der Waals surface area contributed by atoms with E-state index >= 15 is 0 Å². The summed E-state index contributed by atoms with van der Waals surface area (Å²) in [4.78, 5) is 43.1. The highest BCUT2D eigenvalue weighted by atomic mass is 16.5. The molecule has 0 saturated carbocycles. The maximum absolute atomic E-state index is 13.0. The lowest BCUT2D eigenvalue weighted by atomic mass is 10.1. The van der Waals surface area contributed by atoms with Crippen LogP contribution in [0, 0.1) is 0 Å². The monoisotopic (exact) mass is 472 g/mol. The molecule has 176 valence electrons. The van der Waals surface area contributed by atoms with Crippen LogP contribution in [-0.4, -0.2) is 40.5 Å². The molecule has 0 aliphatic heterocycles. The van der Waals surface area contributed by atoms with Gasteiger partial charge in [0.25, 0.3) is 0 Å². The Hall–Kier alpha value is -4.86. The van der Waals surface area contributed by atoms with Crippen LogP contribution in [0.15, 0.2) is 73.7 Å². The van der Waals surface area contributed by atoms with Gasteiger partial charge in [0.1, 0.15) is 22.8 Å². The minimum absolute atomic E-state index is 0.215. The Labute approximate surface area is 197 Å². The second kappa shape index (κ2) is 8.82. The average Bonchev–Trinajstić information content (AvgIpc) is 3.49. The molecular formula is C25H20N4O6. The number of esters is 1. The van der Waals surface area contributed by atoms with Crippen LogP contribution < -0.4 is 16.0 Å². The smallest absolute Gasteiger partial charge is 0.350 e. The number of rotatable bonds is 6. The molecule has 0 unspecified atom stereocenters. The highest BCUT2D eigenvalue weighted by Crippen LogP contribution is 2.25. The van der Waals surface area contributed by atoms with E-state index in [1.54, 1.807) is 68.6 Å². The van der Waals surface area contributed by atoms with E-state index < -0.39 is 17.2 Å². The number of hydrogen-bond acceptors (Lipinski definition) is 7. The van der Waals surface area contributed by atoms with E-state index in [9.17, 15) is 14.4 Å². The van der Waals surface area contributed by atoms with Crippen molar-refractivity contribution in [3.05, 3.63) is 86.8 Å². The third-order valence-corrected chi connectivity index (χ3v) is 5.44. The van der Waals surface area contributed by atoms with Gasteiger partial charge in [-0.05, 0) is 43.3 Å². The SMILES string of the molecule is CCOC(=O)c1ccc(-c2ccc(/C=N\n3c(=O)[nH]c4c([nH]c5cc(OC)ccc54)c3=O)o2)cc1. The Morgan fingerprint density at radius 2 is 1.86 bits per heavy atom. The summed E-state index contributed by atoms with van der Waals surface area (Å²) in [6.45, 7) is 2.05. The number of nitrogens with zero attached hydrogens (tertiary/aromatic N) is 2. The Kier molecular flexibility index (Phi) is 5.54. The van der Waals surface area contributed by atoms with Crippen LogP contribution in [0.5, 0.6) is 5.75 Å². The normalized spacial score (nSPS) is 11.5. The number of aromatic nitrogens is 3. The first-order chi connectivity index (χ1) is 17.0. The number of aromatic amines is 2. The van der Waals surface area contributed by atoms with E-state index in [0.29, 0.717) is 45.9 Å². The van der Waals surface area contributed by atoms with Crippen molar-refractivity contribution in [2.45, 2.75) is 6.92 Å². The number of furan rings is 1. The molecule has 3 aromatic heterocycles. The number of nitrogens with one attached hydrogen (secondary N) is 2. The van der Waals surface area contributed by atoms with Gasteiger partial charge in [0.15, 0.2) is 0 Å². The highest BCUT2D eigenvalue weighted by molar-refractivity contribution is 6.04. The van der Waals surface area contributed by atoms with E-state index in [4.69, 9.17) is 13.9 Å². The third kappa shape index (κ3) is 4.01. The standard InChI is InChI=1S/C25H20N4O6/c1-3-34-24(31)15-6-4-14(5-7-15)20-11-9-17(35-20)13-26-29-23(30)22-21(28-25(29)32)18-10-8-16(33-2)12-19(18)27-22/h4-13,27H,3H2,1-2H3,(H,28,32)/b26-13-. The molecule has 0 amide bonds. The maximum Gasteiger partial charge on any atom is 0.350 e. The lowest BCUT2D eigenvalue weighted by Crippen LogP contribution is -2.32. The molecule has 35 heavy (non-hydrogen) atoms. The van der Waals surface area contributed by atoms with E-state index in [0.717, 1.165) is 10.2 Å². The first-order valence-electron chi connectivity index (χ1n) is 10.7. The summed E-state index contributed by atoms with van der Waals surface area (Å²) in [6.07, 6.45) is 1.28. The van der Waals surface area contributed by atoms with Crippen LogP contribution in [0.4, 0.5) is 0 Å². The fourth-order valence-corrected chi connectivity index (χ4v) is 3.73. The molecule has 2 aromatic carbocycles. The van der Waals surface area contributed by atoms with Gasteiger partial charge >= 0.3 is 17.2 Å². The molecular weight excluding hydrogens is 452 g/mol. The molecule has 0 aliphatic carbocycles. The van der Waals surface area contributed by atoms with Gasteiger partial charge in [-0.3, -0.25) is 4.79 Å². The van der Waals surface area contributed by atoms with E-state index in [1.807, 2.05) is 0 Å². The second-order valence-electron chi connectivity index (χ2n) is 7.58. The second-order valence-corrected chi connectivity index (χ2v) is 7.58. The first kappa shape index (κ1) is 22.0. The predicted molar refractivity (Wildman–Crippen MR) is 130 cm³/mol. The van der Waals surface area contributed by atoms with Gasteiger partial charge in [-0.2, -0.15) is 5.10 Å². The van der Waals surface area contributed by atoms with E-state index in [1.165, 1.54) is 6.21 Å². The van der Waals surface area contributed by atoms with Crippen LogP contribution in [0.2, 0.25) is 0 Å². The molecule has 5 rings (SSSR count). The zero-order chi connectivity index (χ0) is 24.5. The summed E-state index contributed by atoms with van der Waals surface area (Å²) in [5.74, 6) is 1.09. The fourth-order valence-electron chi connectivity index (χ4n) is 3.73. The van der Waals surface area contributed by atoms with Crippen molar-refractivity contribution in [1.29, 1.82) is 0 Å². The Bertz CT molecular complexity index is 1700. The highest BCUT2D eigenvalue weighted by Gasteiger charge is 2.13. The predicted octanol–water partition coefficient (Wildman–Crippen LogP) is 3.50. The Balaban J connectivity index is 1.44. The zero-order valence-electron chi connectivity index (χ0n) is 18.8. The fraction of sp³-hybridized carbons (Fsp3) is 0.120. The largest absolute Gasteiger partial charge is 0.497 e. The number of hydrogen-bond donors (Lipinski definition) is 2. The van der Waals surface area contributed by atoms with Gasteiger partial charge < -0.3 is 23.9 Å². The number of ether oxygens (including phenoxy) is 2. The molecule has 0 bridgehead atoms. The summed E-state index contributed by atoms with van der Waals surface area (Å²) >= 11 is 0. The maximum atomic E-state index is 13.0. The molecule has 10 heteroatoms. The molecule has 2 N–H and O–H groups in total. The zero-order valence-corrected chi connectivity index (χ0v) is 18.8. The summed E-state index contributed by atoms with van der Waals surface area (Å²) in [6, 6.07) is 15.4. The minimum Gasteiger partial charge on any atom is -0.497 e. The van der Waals surface area contributed by atoms with Gasteiger partial charge in [-0.15, -0.1) is 4.68 Å². The molecule has 0 atom stereocenters. The van der Waals surface area contributed by atoms with Crippen molar-refractivity contribution in [1.82, 2.24) is 14.6 Å². The lowest BCUT2D eigenvalue weighted by Gasteiger charge is -2.02. The molecule has 0 radical (unpaired) electrons. The molecule has 0 fully saturated rings. The van der Waals surface area contributed by atoms with Gasteiger partial charge in [0.2, 0.25) is 0 Å². The average molecular weight is 472 g/mol.